The molecule has 104 valence electrons. The highest BCUT2D eigenvalue weighted by Crippen LogP contribution is 2.29. The number of likely N-dealkylation sites (tertiary alicyclic amines) is 1. The minimum Gasteiger partial charge on any atom is -0.449 e. The van der Waals surface area contributed by atoms with Crippen molar-refractivity contribution in [2.45, 2.75) is 45.2 Å². The van der Waals surface area contributed by atoms with Gasteiger partial charge in [0.05, 0.1) is 5.69 Å². The molecule has 5 nitrogen and oxygen atoms in total. The fourth-order valence-electron chi connectivity index (χ4n) is 2.61. The molecule has 2 fully saturated rings. The number of hydrogen-bond acceptors (Lipinski definition) is 4. The molecule has 0 radical (unpaired) electrons. The zero-order chi connectivity index (χ0) is 13.2. The van der Waals surface area contributed by atoms with Gasteiger partial charge >= 0.3 is 0 Å². The molecule has 1 saturated heterocycles. The van der Waals surface area contributed by atoms with Crippen LogP contribution in [0.5, 0.6) is 0 Å². The number of piperidine rings is 1. The predicted molar refractivity (Wildman–Crippen MR) is 70.4 cm³/mol. The van der Waals surface area contributed by atoms with Crippen molar-refractivity contribution < 1.29 is 9.21 Å². The highest BCUT2D eigenvalue weighted by atomic mass is 16.3. The summed E-state index contributed by atoms with van der Waals surface area (Å²) in [5, 5.41) is 3.17. The van der Waals surface area contributed by atoms with Crippen molar-refractivity contribution in [1.82, 2.24) is 15.2 Å². The lowest BCUT2D eigenvalue weighted by atomic mass is 10.0. The number of aromatic nitrogens is 1. The summed E-state index contributed by atoms with van der Waals surface area (Å²) in [5.41, 5.74) is 0.998. The monoisotopic (exact) mass is 263 g/mol. The lowest BCUT2D eigenvalue weighted by molar-refractivity contribution is -0.123. The molecule has 1 amide bonds. The van der Waals surface area contributed by atoms with Gasteiger partial charge in [0.25, 0.3) is 0 Å². The second-order valence-corrected chi connectivity index (χ2v) is 5.69. The average molecular weight is 263 g/mol. The summed E-state index contributed by atoms with van der Waals surface area (Å²) in [6, 6.07) is 0.364. The molecule has 0 spiro atoms. The largest absolute Gasteiger partial charge is 0.449 e. The molecule has 3 rings (SSSR count). The number of nitrogens with zero attached hydrogens (tertiary/aromatic N) is 2. The second-order valence-electron chi connectivity index (χ2n) is 5.69. The van der Waals surface area contributed by atoms with E-state index in [-0.39, 0.29) is 5.91 Å². The Morgan fingerprint density at radius 2 is 2.16 bits per heavy atom. The third-order valence-electron chi connectivity index (χ3n) is 3.93. The van der Waals surface area contributed by atoms with Gasteiger partial charge in [0.1, 0.15) is 6.26 Å². The highest BCUT2D eigenvalue weighted by molar-refractivity contribution is 5.81. The van der Waals surface area contributed by atoms with Crippen molar-refractivity contribution in [1.29, 1.82) is 0 Å². The number of carbonyl (C=O) groups is 1. The van der Waals surface area contributed by atoms with Gasteiger partial charge in [0.15, 0.2) is 5.89 Å². The summed E-state index contributed by atoms with van der Waals surface area (Å²) < 4.78 is 5.22. The summed E-state index contributed by atoms with van der Waals surface area (Å²) in [6.45, 7) is 4.74. The van der Waals surface area contributed by atoms with E-state index in [9.17, 15) is 4.79 Å². The van der Waals surface area contributed by atoms with Crippen LogP contribution < -0.4 is 5.32 Å². The summed E-state index contributed by atoms with van der Waals surface area (Å²) in [6.07, 6.45) is 5.97. The van der Waals surface area contributed by atoms with Crippen LogP contribution in [-0.2, 0) is 11.3 Å². The lowest BCUT2D eigenvalue weighted by Crippen LogP contribution is -2.44. The van der Waals surface area contributed by atoms with Crippen molar-refractivity contribution >= 4 is 5.91 Å². The fourth-order valence-corrected chi connectivity index (χ4v) is 2.61. The molecule has 1 N–H and O–H groups in total. The van der Waals surface area contributed by atoms with Gasteiger partial charge in [-0.25, -0.2) is 4.98 Å². The van der Waals surface area contributed by atoms with E-state index in [2.05, 4.69) is 15.2 Å². The van der Waals surface area contributed by atoms with Crippen molar-refractivity contribution in [3.05, 3.63) is 17.8 Å². The van der Waals surface area contributed by atoms with Crippen LogP contribution in [0.15, 0.2) is 10.7 Å². The predicted octanol–water partition coefficient (Wildman–Crippen LogP) is 1.47. The van der Waals surface area contributed by atoms with E-state index < -0.39 is 0 Å². The van der Waals surface area contributed by atoms with Crippen LogP contribution in [0.1, 0.15) is 37.3 Å². The maximum atomic E-state index is 11.7. The molecular formula is C14H21N3O2. The molecule has 1 aliphatic carbocycles. The number of nitrogens with one attached hydrogen (secondary N) is 1. The molecule has 5 heteroatoms. The average Bonchev–Trinajstić information content (AvgIpc) is 3.17. The van der Waals surface area contributed by atoms with Crippen molar-refractivity contribution in [3.63, 3.8) is 0 Å². The number of rotatable bonds is 4. The zero-order valence-corrected chi connectivity index (χ0v) is 11.4. The van der Waals surface area contributed by atoms with Gasteiger partial charge in [-0.1, -0.05) is 0 Å². The molecule has 0 unspecified atom stereocenters. The van der Waals surface area contributed by atoms with Crippen molar-refractivity contribution in [3.8, 4) is 0 Å². The van der Waals surface area contributed by atoms with Crippen molar-refractivity contribution in [2.24, 2.45) is 5.92 Å². The molecule has 1 aromatic rings. The quantitative estimate of drug-likeness (QED) is 0.893. The number of oxazole rings is 1. The van der Waals surface area contributed by atoms with E-state index >= 15 is 0 Å². The van der Waals surface area contributed by atoms with E-state index in [4.69, 9.17) is 4.42 Å². The third-order valence-corrected chi connectivity index (χ3v) is 3.93. The Kier molecular flexibility index (Phi) is 3.55. The Morgan fingerprint density at radius 1 is 1.42 bits per heavy atom. The van der Waals surface area contributed by atoms with Crippen LogP contribution >= 0.6 is 0 Å². The Labute approximate surface area is 113 Å². The van der Waals surface area contributed by atoms with Crippen molar-refractivity contribution in [2.75, 3.05) is 13.1 Å². The van der Waals surface area contributed by atoms with E-state index in [0.29, 0.717) is 12.0 Å². The molecule has 2 aliphatic rings. The fraction of sp³-hybridized carbons (Fsp3) is 0.714. The second kappa shape index (κ2) is 5.33. The summed E-state index contributed by atoms with van der Waals surface area (Å²) in [4.78, 5) is 18.4. The topological polar surface area (TPSA) is 58.4 Å². The SMILES string of the molecule is Cc1nc(CN2CCC(NC(=O)C3CC3)CC2)co1. The van der Waals surface area contributed by atoms with Gasteiger partial charge in [0.2, 0.25) is 5.91 Å². The van der Waals surface area contributed by atoms with Gasteiger partial charge in [-0.2, -0.15) is 0 Å². The Hall–Kier alpha value is -1.36. The lowest BCUT2D eigenvalue weighted by Gasteiger charge is -2.31. The number of aryl methyl sites for hydroxylation is 1. The van der Waals surface area contributed by atoms with E-state index in [1.54, 1.807) is 6.26 Å². The summed E-state index contributed by atoms with van der Waals surface area (Å²) in [5.74, 6) is 1.31. The van der Waals surface area contributed by atoms with Gasteiger partial charge in [-0.05, 0) is 25.7 Å². The smallest absolute Gasteiger partial charge is 0.223 e. The molecule has 1 saturated carbocycles. The maximum Gasteiger partial charge on any atom is 0.223 e. The van der Waals surface area contributed by atoms with Crippen LogP contribution in [-0.4, -0.2) is 34.9 Å². The first-order valence-corrected chi connectivity index (χ1v) is 7.14. The summed E-state index contributed by atoms with van der Waals surface area (Å²) >= 11 is 0. The zero-order valence-electron chi connectivity index (χ0n) is 11.4. The number of hydrogen-bond donors (Lipinski definition) is 1. The normalized spacial score (nSPS) is 21.5. The third kappa shape index (κ3) is 3.35. The number of carbonyl (C=O) groups excluding carboxylic acids is 1. The Morgan fingerprint density at radius 3 is 2.74 bits per heavy atom. The molecule has 0 atom stereocenters. The minimum atomic E-state index is 0.269. The van der Waals surface area contributed by atoms with Gasteiger partial charge in [-0.3, -0.25) is 9.69 Å². The molecular weight excluding hydrogens is 242 g/mol. The van der Waals surface area contributed by atoms with E-state index in [1.165, 1.54) is 0 Å². The first-order valence-electron chi connectivity index (χ1n) is 7.14. The highest BCUT2D eigenvalue weighted by Gasteiger charge is 2.31. The molecule has 1 aromatic heterocycles. The van der Waals surface area contributed by atoms with Gasteiger partial charge in [0, 0.05) is 38.5 Å². The molecule has 2 heterocycles. The van der Waals surface area contributed by atoms with E-state index in [1.807, 2.05) is 6.92 Å². The van der Waals surface area contributed by atoms with Crippen LogP contribution in [0.2, 0.25) is 0 Å². The first-order chi connectivity index (χ1) is 9.20. The Bertz CT molecular complexity index is 445. The standard InChI is InChI=1S/C14H21N3O2/c1-10-15-13(9-19-10)8-17-6-4-12(5-7-17)16-14(18)11-2-3-11/h9,11-12H,2-8H2,1H3,(H,16,18). The van der Waals surface area contributed by atoms with Gasteiger partial charge < -0.3 is 9.73 Å². The van der Waals surface area contributed by atoms with Crippen LogP contribution in [0.3, 0.4) is 0 Å². The van der Waals surface area contributed by atoms with Crippen LogP contribution in [0.4, 0.5) is 0 Å². The first kappa shape index (κ1) is 12.7. The summed E-state index contributed by atoms with van der Waals surface area (Å²) in [7, 11) is 0. The van der Waals surface area contributed by atoms with E-state index in [0.717, 1.165) is 56.9 Å². The van der Waals surface area contributed by atoms with Crippen LogP contribution in [0, 0.1) is 12.8 Å². The molecule has 0 bridgehead atoms. The molecule has 19 heavy (non-hydrogen) atoms. The molecule has 1 aliphatic heterocycles. The van der Waals surface area contributed by atoms with Crippen LogP contribution in [0.25, 0.3) is 0 Å². The van der Waals surface area contributed by atoms with Gasteiger partial charge in [-0.15, -0.1) is 0 Å². The number of amides is 1. The maximum absolute atomic E-state index is 11.7. The minimum absolute atomic E-state index is 0.269. The molecule has 0 aromatic carbocycles. The Balaban J connectivity index is 1.42.